The molecule has 1 fully saturated rings. The molecule has 174 valence electrons. The molecule has 2 aromatic carbocycles. The summed E-state index contributed by atoms with van der Waals surface area (Å²) in [5.41, 5.74) is 0.670. The lowest BCUT2D eigenvalue weighted by Gasteiger charge is -2.33. The molecule has 12 heteroatoms. The lowest BCUT2D eigenvalue weighted by molar-refractivity contribution is -0.156. The van der Waals surface area contributed by atoms with Crippen LogP contribution < -0.4 is 4.90 Å². The summed E-state index contributed by atoms with van der Waals surface area (Å²) in [7, 11) is 0. The fraction of sp³-hybridized carbons (Fsp3) is 0.286. The quantitative estimate of drug-likeness (QED) is 0.528. The summed E-state index contributed by atoms with van der Waals surface area (Å²) in [4.78, 5) is 15.8. The first-order chi connectivity index (χ1) is 15.7. The fourth-order valence-electron chi connectivity index (χ4n) is 3.27. The number of benzene rings is 2. The standard InChI is InChI=1S/C21H17F5N4O3/c22-15-5-6-17(16(23)11-15)30(20(31)29-7-9-32-10-8-29)12-13-1-3-14(4-2-13)18-27-28-19(33-18)21(24,25)26/h1-6,11H,7-10,12H2. The Morgan fingerprint density at radius 3 is 2.33 bits per heavy atom. The number of rotatable bonds is 4. The Balaban J connectivity index is 1.59. The highest BCUT2D eigenvalue weighted by Crippen LogP contribution is 2.31. The summed E-state index contributed by atoms with van der Waals surface area (Å²) >= 11 is 0. The Kier molecular flexibility index (Phi) is 6.27. The van der Waals surface area contributed by atoms with Crippen LogP contribution in [0.5, 0.6) is 0 Å². The van der Waals surface area contributed by atoms with Gasteiger partial charge in [-0.2, -0.15) is 13.2 Å². The summed E-state index contributed by atoms with van der Waals surface area (Å²) in [5, 5.41) is 6.38. The van der Waals surface area contributed by atoms with Gasteiger partial charge in [-0.15, -0.1) is 10.2 Å². The van der Waals surface area contributed by atoms with Crippen LogP contribution in [-0.4, -0.2) is 47.4 Å². The molecular formula is C21H17F5N4O3. The van der Waals surface area contributed by atoms with Crippen molar-refractivity contribution in [2.45, 2.75) is 12.7 Å². The lowest BCUT2D eigenvalue weighted by atomic mass is 10.1. The monoisotopic (exact) mass is 468 g/mol. The minimum Gasteiger partial charge on any atom is -0.413 e. The van der Waals surface area contributed by atoms with E-state index < -0.39 is 29.7 Å². The molecule has 4 rings (SSSR count). The van der Waals surface area contributed by atoms with Gasteiger partial charge in [0.05, 0.1) is 25.4 Å². The summed E-state index contributed by atoms with van der Waals surface area (Å²) in [6, 6.07) is 8.39. The zero-order chi connectivity index (χ0) is 23.6. The third-order valence-electron chi connectivity index (χ3n) is 4.92. The first-order valence-electron chi connectivity index (χ1n) is 9.81. The SMILES string of the molecule is O=C(N1CCOCC1)N(Cc1ccc(-c2nnc(C(F)(F)F)o2)cc1)c1ccc(F)cc1F. The number of carbonyl (C=O) groups is 1. The molecule has 0 bridgehead atoms. The average Bonchev–Trinajstić information content (AvgIpc) is 3.30. The first kappa shape index (κ1) is 22.6. The van der Waals surface area contributed by atoms with Crippen molar-refractivity contribution in [3.63, 3.8) is 0 Å². The normalized spacial score (nSPS) is 14.4. The van der Waals surface area contributed by atoms with Gasteiger partial charge in [-0.25, -0.2) is 13.6 Å². The van der Waals surface area contributed by atoms with Crippen LogP contribution in [0.25, 0.3) is 11.5 Å². The van der Waals surface area contributed by atoms with E-state index in [0.717, 1.165) is 6.07 Å². The van der Waals surface area contributed by atoms with E-state index in [1.807, 2.05) is 0 Å². The second-order valence-corrected chi connectivity index (χ2v) is 7.17. The van der Waals surface area contributed by atoms with Crippen LogP contribution in [0.3, 0.4) is 0 Å². The maximum Gasteiger partial charge on any atom is 0.470 e. The Morgan fingerprint density at radius 1 is 1.03 bits per heavy atom. The minimum absolute atomic E-state index is 0.0728. The number of aromatic nitrogens is 2. The van der Waals surface area contributed by atoms with Crippen molar-refractivity contribution in [2.24, 2.45) is 0 Å². The van der Waals surface area contributed by atoms with E-state index in [-0.39, 0.29) is 23.7 Å². The van der Waals surface area contributed by atoms with E-state index in [2.05, 4.69) is 14.6 Å². The van der Waals surface area contributed by atoms with E-state index in [4.69, 9.17) is 4.74 Å². The largest absolute Gasteiger partial charge is 0.470 e. The van der Waals surface area contributed by atoms with Crippen molar-refractivity contribution >= 4 is 11.7 Å². The molecule has 1 aliphatic heterocycles. The number of anilines is 1. The number of halogens is 5. The van der Waals surface area contributed by atoms with Crippen LogP contribution in [0.2, 0.25) is 0 Å². The Hall–Kier alpha value is -3.54. The van der Waals surface area contributed by atoms with Gasteiger partial charge in [0.1, 0.15) is 11.6 Å². The topological polar surface area (TPSA) is 71.7 Å². The van der Waals surface area contributed by atoms with E-state index >= 15 is 0 Å². The fourth-order valence-corrected chi connectivity index (χ4v) is 3.27. The van der Waals surface area contributed by atoms with Crippen molar-refractivity contribution in [1.29, 1.82) is 0 Å². The van der Waals surface area contributed by atoms with Gasteiger partial charge in [0, 0.05) is 24.7 Å². The van der Waals surface area contributed by atoms with E-state index in [1.54, 1.807) is 0 Å². The predicted molar refractivity (Wildman–Crippen MR) is 105 cm³/mol. The first-order valence-corrected chi connectivity index (χ1v) is 9.81. The summed E-state index contributed by atoms with van der Waals surface area (Å²) in [5.74, 6) is -3.47. The highest BCUT2D eigenvalue weighted by molar-refractivity contribution is 5.92. The number of hydrogen-bond donors (Lipinski definition) is 0. The number of urea groups is 1. The van der Waals surface area contributed by atoms with Crippen molar-refractivity contribution in [3.8, 4) is 11.5 Å². The Bertz CT molecular complexity index is 1130. The maximum atomic E-state index is 14.5. The van der Waals surface area contributed by atoms with Crippen LogP contribution >= 0.6 is 0 Å². The molecule has 0 radical (unpaired) electrons. The van der Waals surface area contributed by atoms with E-state index in [0.29, 0.717) is 37.9 Å². The number of hydrogen-bond acceptors (Lipinski definition) is 5. The lowest BCUT2D eigenvalue weighted by Crippen LogP contribution is -2.48. The molecule has 33 heavy (non-hydrogen) atoms. The molecular weight excluding hydrogens is 451 g/mol. The summed E-state index contributed by atoms with van der Waals surface area (Å²) < 4.78 is 75.8. The van der Waals surface area contributed by atoms with Gasteiger partial charge in [-0.3, -0.25) is 4.90 Å². The number of morpholine rings is 1. The molecule has 0 unspecified atom stereocenters. The zero-order valence-electron chi connectivity index (χ0n) is 17.0. The molecule has 0 atom stereocenters. The van der Waals surface area contributed by atoms with Crippen LogP contribution in [0.15, 0.2) is 46.9 Å². The van der Waals surface area contributed by atoms with Gasteiger partial charge in [0.2, 0.25) is 5.89 Å². The molecule has 0 saturated carbocycles. The third kappa shape index (κ3) is 5.11. The van der Waals surface area contributed by atoms with Gasteiger partial charge in [0.25, 0.3) is 0 Å². The Labute approximate surface area is 184 Å². The maximum absolute atomic E-state index is 14.5. The van der Waals surface area contributed by atoms with Crippen LogP contribution in [-0.2, 0) is 17.5 Å². The zero-order valence-corrected chi connectivity index (χ0v) is 17.0. The van der Waals surface area contributed by atoms with Crippen molar-refractivity contribution < 1.29 is 35.9 Å². The minimum atomic E-state index is -4.76. The summed E-state index contributed by atoms with van der Waals surface area (Å²) in [6.07, 6.45) is -4.76. The average molecular weight is 468 g/mol. The number of amides is 2. The second kappa shape index (κ2) is 9.14. The van der Waals surface area contributed by atoms with Gasteiger partial charge >= 0.3 is 18.1 Å². The smallest absolute Gasteiger partial charge is 0.413 e. The molecule has 1 saturated heterocycles. The van der Waals surface area contributed by atoms with Gasteiger partial charge < -0.3 is 14.1 Å². The molecule has 3 aromatic rings. The van der Waals surface area contributed by atoms with Crippen molar-refractivity contribution in [2.75, 3.05) is 31.2 Å². The summed E-state index contributed by atoms with van der Waals surface area (Å²) in [6.45, 7) is 1.23. The van der Waals surface area contributed by atoms with Gasteiger partial charge in [-0.1, -0.05) is 12.1 Å². The molecule has 1 aliphatic rings. The number of nitrogens with zero attached hydrogens (tertiary/aromatic N) is 4. The third-order valence-corrected chi connectivity index (χ3v) is 4.92. The number of ether oxygens (including phenoxy) is 1. The van der Waals surface area contributed by atoms with E-state index in [9.17, 15) is 26.7 Å². The molecule has 1 aromatic heterocycles. The molecule has 0 aliphatic carbocycles. The molecule has 2 heterocycles. The van der Waals surface area contributed by atoms with E-state index in [1.165, 1.54) is 40.1 Å². The molecule has 0 N–H and O–H groups in total. The molecule has 7 nitrogen and oxygen atoms in total. The van der Waals surface area contributed by atoms with Crippen LogP contribution in [0.1, 0.15) is 11.5 Å². The van der Waals surface area contributed by atoms with Crippen molar-refractivity contribution in [1.82, 2.24) is 15.1 Å². The highest BCUT2D eigenvalue weighted by atomic mass is 19.4. The van der Waals surface area contributed by atoms with Gasteiger partial charge in [-0.05, 0) is 29.8 Å². The highest BCUT2D eigenvalue weighted by Gasteiger charge is 2.38. The molecule has 2 amide bonds. The van der Waals surface area contributed by atoms with Crippen molar-refractivity contribution in [3.05, 3.63) is 65.6 Å². The number of carbonyl (C=O) groups excluding carboxylic acids is 1. The number of alkyl halides is 3. The molecule has 0 spiro atoms. The van der Waals surface area contributed by atoms with Crippen LogP contribution in [0, 0.1) is 11.6 Å². The van der Waals surface area contributed by atoms with Crippen LogP contribution in [0.4, 0.5) is 32.4 Å². The predicted octanol–water partition coefficient (Wildman–Crippen LogP) is 4.49. The van der Waals surface area contributed by atoms with Gasteiger partial charge in [0.15, 0.2) is 0 Å². The Morgan fingerprint density at radius 2 is 1.73 bits per heavy atom. The second-order valence-electron chi connectivity index (χ2n) is 7.17.